The molecule has 0 saturated carbocycles. The lowest BCUT2D eigenvalue weighted by Gasteiger charge is -2.16. The highest BCUT2D eigenvalue weighted by Crippen LogP contribution is 2.11. The van der Waals surface area contributed by atoms with Gasteiger partial charge in [-0.2, -0.15) is 0 Å². The second kappa shape index (κ2) is 6.73. The Morgan fingerprint density at radius 3 is 2.60 bits per heavy atom. The zero-order chi connectivity index (χ0) is 14.4. The van der Waals surface area contributed by atoms with E-state index in [-0.39, 0.29) is 5.91 Å². The van der Waals surface area contributed by atoms with Crippen molar-refractivity contribution in [3.05, 3.63) is 60.2 Å². The van der Waals surface area contributed by atoms with Crippen LogP contribution >= 0.6 is 0 Å². The average Bonchev–Trinajstić information content (AvgIpc) is 2.39. The summed E-state index contributed by atoms with van der Waals surface area (Å²) in [5.41, 5.74) is 8.23. The van der Waals surface area contributed by atoms with Crippen LogP contribution in [0, 0.1) is 0 Å². The van der Waals surface area contributed by atoms with Gasteiger partial charge in [0.2, 0.25) is 5.91 Å². The van der Waals surface area contributed by atoms with Gasteiger partial charge in [0.1, 0.15) is 0 Å². The zero-order valence-corrected chi connectivity index (χ0v) is 11.5. The number of anilines is 2. The lowest BCUT2D eigenvalue weighted by molar-refractivity contribution is -0.117. The number of nitrogens with one attached hydrogen (secondary N) is 1. The molecule has 0 radical (unpaired) electrons. The molecular formula is C16H19N3O. The first-order chi connectivity index (χ1) is 9.63. The molecule has 3 N–H and O–H groups in total. The van der Waals surface area contributed by atoms with Crippen LogP contribution in [0.1, 0.15) is 5.56 Å². The largest absolute Gasteiger partial charge is 0.399 e. The van der Waals surface area contributed by atoms with E-state index in [1.807, 2.05) is 54.4 Å². The first kappa shape index (κ1) is 14.1. The SMILES string of the molecule is CN(CC(=O)Nc1cccc(N)c1)Cc1ccccc1. The summed E-state index contributed by atoms with van der Waals surface area (Å²) in [7, 11) is 1.92. The smallest absolute Gasteiger partial charge is 0.238 e. The second-order valence-electron chi connectivity index (χ2n) is 4.83. The highest BCUT2D eigenvalue weighted by atomic mass is 16.2. The lowest BCUT2D eigenvalue weighted by atomic mass is 10.2. The summed E-state index contributed by atoms with van der Waals surface area (Å²) in [5.74, 6) is -0.0472. The zero-order valence-electron chi connectivity index (χ0n) is 11.5. The van der Waals surface area contributed by atoms with Gasteiger partial charge in [-0.25, -0.2) is 0 Å². The van der Waals surface area contributed by atoms with Gasteiger partial charge < -0.3 is 11.1 Å². The Morgan fingerprint density at radius 2 is 1.90 bits per heavy atom. The van der Waals surface area contributed by atoms with Crippen molar-refractivity contribution in [2.75, 3.05) is 24.6 Å². The van der Waals surface area contributed by atoms with E-state index in [1.165, 1.54) is 5.56 Å². The molecule has 2 aromatic carbocycles. The number of likely N-dealkylation sites (N-methyl/N-ethyl adjacent to an activating group) is 1. The Hall–Kier alpha value is -2.33. The monoisotopic (exact) mass is 269 g/mol. The van der Waals surface area contributed by atoms with Crippen LogP contribution in [0.4, 0.5) is 11.4 Å². The number of nitrogens with two attached hydrogens (primary N) is 1. The molecule has 2 aromatic rings. The summed E-state index contributed by atoms with van der Waals surface area (Å²) in [6, 6.07) is 17.2. The van der Waals surface area contributed by atoms with E-state index < -0.39 is 0 Å². The number of nitrogen functional groups attached to an aromatic ring is 1. The molecule has 0 atom stereocenters. The molecule has 20 heavy (non-hydrogen) atoms. The maximum Gasteiger partial charge on any atom is 0.238 e. The first-order valence-electron chi connectivity index (χ1n) is 6.51. The lowest BCUT2D eigenvalue weighted by Crippen LogP contribution is -2.29. The van der Waals surface area contributed by atoms with E-state index in [9.17, 15) is 4.79 Å². The molecule has 4 heteroatoms. The molecule has 0 spiro atoms. The van der Waals surface area contributed by atoms with Crippen LogP contribution in [0.2, 0.25) is 0 Å². The quantitative estimate of drug-likeness (QED) is 0.819. The number of benzene rings is 2. The number of hydrogen-bond acceptors (Lipinski definition) is 3. The third-order valence-electron chi connectivity index (χ3n) is 2.88. The normalized spacial score (nSPS) is 10.5. The third kappa shape index (κ3) is 4.40. The molecule has 0 heterocycles. The number of rotatable bonds is 5. The van der Waals surface area contributed by atoms with Gasteiger partial charge >= 0.3 is 0 Å². The average molecular weight is 269 g/mol. The molecule has 0 aliphatic carbocycles. The van der Waals surface area contributed by atoms with Crippen LogP contribution in [-0.4, -0.2) is 24.4 Å². The molecule has 0 aromatic heterocycles. The van der Waals surface area contributed by atoms with Crippen molar-refractivity contribution in [3.8, 4) is 0 Å². The summed E-state index contributed by atoms with van der Waals surface area (Å²) in [4.78, 5) is 13.9. The number of hydrogen-bond donors (Lipinski definition) is 2. The van der Waals surface area contributed by atoms with E-state index in [0.717, 1.165) is 12.2 Å². The number of carbonyl (C=O) groups excluding carboxylic acids is 1. The van der Waals surface area contributed by atoms with Crippen LogP contribution in [-0.2, 0) is 11.3 Å². The Balaban J connectivity index is 1.85. The van der Waals surface area contributed by atoms with Gasteiger partial charge in [-0.3, -0.25) is 9.69 Å². The summed E-state index contributed by atoms with van der Waals surface area (Å²) >= 11 is 0. The molecule has 0 fully saturated rings. The van der Waals surface area contributed by atoms with Crippen LogP contribution < -0.4 is 11.1 Å². The van der Waals surface area contributed by atoms with Crippen molar-refractivity contribution in [1.82, 2.24) is 4.90 Å². The minimum atomic E-state index is -0.0472. The predicted molar refractivity (Wildman–Crippen MR) is 82.3 cm³/mol. The number of amides is 1. The highest BCUT2D eigenvalue weighted by molar-refractivity contribution is 5.92. The van der Waals surface area contributed by atoms with Gasteiger partial charge in [0.05, 0.1) is 6.54 Å². The summed E-state index contributed by atoms with van der Waals surface area (Å²) in [6.45, 7) is 1.08. The van der Waals surface area contributed by atoms with E-state index in [0.29, 0.717) is 12.2 Å². The van der Waals surface area contributed by atoms with E-state index in [4.69, 9.17) is 5.73 Å². The molecule has 0 saturated heterocycles. The standard InChI is InChI=1S/C16H19N3O/c1-19(11-13-6-3-2-4-7-13)12-16(20)18-15-9-5-8-14(17)10-15/h2-10H,11-12,17H2,1H3,(H,18,20). The van der Waals surface area contributed by atoms with E-state index in [1.54, 1.807) is 12.1 Å². The van der Waals surface area contributed by atoms with E-state index >= 15 is 0 Å². The van der Waals surface area contributed by atoms with Crippen molar-refractivity contribution in [1.29, 1.82) is 0 Å². The van der Waals surface area contributed by atoms with Crippen LogP contribution in [0.25, 0.3) is 0 Å². The van der Waals surface area contributed by atoms with Gasteiger partial charge in [-0.15, -0.1) is 0 Å². The van der Waals surface area contributed by atoms with Crippen LogP contribution in [0.3, 0.4) is 0 Å². The third-order valence-corrected chi connectivity index (χ3v) is 2.88. The van der Waals surface area contributed by atoms with Gasteiger partial charge in [0.25, 0.3) is 0 Å². The molecule has 0 unspecified atom stereocenters. The molecule has 0 aliphatic rings. The van der Waals surface area contributed by atoms with Crippen molar-refractivity contribution < 1.29 is 4.79 Å². The molecule has 104 valence electrons. The van der Waals surface area contributed by atoms with Gasteiger partial charge in [-0.1, -0.05) is 36.4 Å². The second-order valence-corrected chi connectivity index (χ2v) is 4.83. The fraction of sp³-hybridized carbons (Fsp3) is 0.188. The summed E-state index contributed by atoms with van der Waals surface area (Å²) in [6.07, 6.45) is 0. The summed E-state index contributed by atoms with van der Waals surface area (Å²) in [5, 5.41) is 2.84. The first-order valence-corrected chi connectivity index (χ1v) is 6.51. The van der Waals surface area contributed by atoms with Gasteiger partial charge in [0.15, 0.2) is 0 Å². The fourth-order valence-electron chi connectivity index (χ4n) is 2.01. The Bertz CT molecular complexity index is 569. The molecule has 2 rings (SSSR count). The van der Waals surface area contributed by atoms with Gasteiger partial charge in [-0.05, 0) is 30.8 Å². The molecule has 0 bridgehead atoms. The molecule has 4 nitrogen and oxygen atoms in total. The maximum absolute atomic E-state index is 11.9. The van der Waals surface area contributed by atoms with Gasteiger partial charge in [0, 0.05) is 17.9 Å². The Labute approximate surface area is 119 Å². The van der Waals surface area contributed by atoms with Crippen molar-refractivity contribution >= 4 is 17.3 Å². The van der Waals surface area contributed by atoms with Crippen molar-refractivity contribution in [3.63, 3.8) is 0 Å². The molecule has 1 amide bonds. The topological polar surface area (TPSA) is 58.4 Å². The minimum absolute atomic E-state index is 0.0472. The predicted octanol–water partition coefficient (Wildman–Crippen LogP) is 2.34. The highest BCUT2D eigenvalue weighted by Gasteiger charge is 2.07. The summed E-state index contributed by atoms with van der Waals surface area (Å²) < 4.78 is 0. The maximum atomic E-state index is 11.9. The number of nitrogens with zero attached hydrogens (tertiary/aromatic N) is 1. The number of carbonyl (C=O) groups is 1. The fourth-order valence-corrected chi connectivity index (χ4v) is 2.01. The van der Waals surface area contributed by atoms with Crippen molar-refractivity contribution in [2.45, 2.75) is 6.54 Å². The Kier molecular flexibility index (Phi) is 4.74. The molecule has 0 aliphatic heterocycles. The Morgan fingerprint density at radius 1 is 1.15 bits per heavy atom. The van der Waals surface area contributed by atoms with Crippen LogP contribution in [0.5, 0.6) is 0 Å². The van der Waals surface area contributed by atoms with Crippen molar-refractivity contribution in [2.24, 2.45) is 0 Å². The van der Waals surface area contributed by atoms with E-state index in [2.05, 4.69) is 5.32 Å². The molecular weight excluding hydrogens is 250 g/mol. The van der Waals surface area contributed by atoms with Crippen LogP contribution in [0.15, 0.2) is 54.6 Å². The minimum Gasteiger partial charge on any atom is -0.399 e.